The number of ether oxygens (including phenoxy) is 1. The Labute approximate surface area is 122 Å². The summed E-state index contributed by atoms with van der Waals surface area (Å²) in [6, 6.07) is 15.0. The minimum absolute atomic E-state index is 0.151. The Balaban J connectivity index is 1.79. The maximum atomic E-state index is 12.1. The number of benzene rings is 2. The standard InChI is InChI=1S/C17H14N2O2/c1-21-13-9-6-12(7-10-13)8-11-16(20)17-18-14-4-2-3-5-15(14)19-17/h2-11H,1H3,(H,18,19)/b11-8+. The number of aromatic nitrogens is 2. The van der Waals surface area contributed by atoms with Crippen LogP contribution in [0.1, 0.15) is 16.2 Å². The van der Waals surface area contributed by atoms with Crippen molar-refractivity contribution in [1.29, 1.82) is 0 Å². The molecule has 0 atom stereocenters. The van der Waals surface area contributed by atoms with E-state index in [0.29, 0.717) is 5.82 Å². The highest BCUT2D eigenvalue weighted by Crippen LogP contribution is 2.14. The van der Waals surface area contributed by atoms with Gasteiger partial charge in [-0.2, -0.15) is 0 Å². The van der Waals surface area contributed by atoms with Gasteiger partial charge in [-0.3, -0.25) is 4.79 Å². The van der Waals surface area contributed by atoms with Crippen molar-refractivity contribution in [3.63, 3.8) is 0 Å². The number of rotatable bonds is 4. The van der Waals surface area contributed by atoms with Gasteiger partial charge in [0.05, 0.1) is 18.1 Å². The summed E-state index contributed by atoms with van der Waals surface area (Å²) in [4.78, 5) is 19.4. The molecule has 3 aromatic rings. The third-order valence-electron chi connectivity index (χ3n) is 3.17. The molecule has 104 valence electrons. The zero-order chi connectivity index (χ0) is 14.7. The van der Waals surface area contributed by atoms with Crippen molar-refractivity contribution in [2.75, 3.05) is 7.11 Å². The maximum Gasteiger partial charge on any atom is 0.221 e. The van der Waals surface area contributed by atoms with Gasteiger partial charge in [0, 0.05) is 0 Å². The summed E-state index contributed by atoms with van der Waals surface area (Å²) in [6.45, 7) is 0. The number of carbonyl (C=O) groups is 1. The molecule has 0 spiro atoms. The second kappa shape index (κ2) is 5.63. The van der Waals surface area contributed by atoms with Crippen molar-refractivity contribution >= 4 is 22.9 Å². The summed E-state index contributed by atoms with van der Waals surface area (Å²) in [5, 5.41) is 0. The average Bonchev–Trinajstić information content (AvgIpc) is 2.97. The van der Waals surface area contributed by atoms with Crippen molar-refractivity contribution in [2.24, 2.45) is 0 Å². The molecule has 4 nitrogen and oxygen atoms in total. The number of hydrogen-bond acceptors (Lipinski definition) is 3. The van der Waals surface area contributed by atoms with E-state index in [9.17, 15) is 4.79 Å². The van der Waals surface area contributed by atoms with Crippen LogP contribution < -0.4 is 4.74 Å². The number of ketones is 1. The van der Waals surface area contributed by atoms with Gasteiger partial charge < -0.3 is 9.72 Å². The molecular weight excluding hydrogens is 264 g/mol. The zero-order valence-corrected chi connectivity index (χ0v) is 11.5. The lowest BCUT2D eigenvalue weighted by molar-refractivity contribution is 0.103. The second-order valence-electron chi connectivity index (χ2n) is 4.57. The number of imidazole rings is 1. The number of nitrogens with one attached hydrogen (secondary N) is 1. The number of aromatic amines is 1. The van der Waals surface area contributed by atoms with Gasteiger partial charge in [0.15, 0.2) is 5.82 Å². The molecule has 0 aliphatic rings. The Bertz CT molecular complexity index is 768. The maximum absolute atomic E-state index is 12.1. The number of hydrogen-bond donors (Lipinski definition) is 1. The smallest absolute Gasteiger partial charge is 0.221 e. The Morgan fingerprint density at radius 2 is 1.90 bits per heavy atom. The summed E-state index contributed by atoms with van der Waals surface area (Å²) in [5.74, 6) is 0.985. The summed E-state index contributed by atoms with van der Waals surface area (Å²) in [6.07, 6.45) is 3.27. The fraction of sp³-hybridized carbons (Fsp3) is 0.0588. The zero-order valence-electron chi connectivity index (χ0n) is 11.5. The Morgan fingerprint density at radius 3 is 2.62 bits per heavy atom. The van der Waals surface area contributed by atoms with E-state index in [0.717, 1.165) is 22.3 Å². The molecule has 21 heavy (non-hydrogen) atoms. The molecular formula is C17H14N2O2. The van der Waals surface area contributed by atoms with Crippen LogP contribution in [0.4, 0.5) is 0 Å². The first-order valence-electron chi connectivity index (χ1n) is 6.57. The number of methoxy groups -OCH3 is 1. The summed E-state index contributed by atoms with van der Waals surface area (Å²) in [5.41, 5.74) is 2.58. The van der Waals surface area contributed by atoms with Gasteiger partial charge in [0.25, 0.3) is 0 Å². The lowest BCUT2D eigenvalue weighted by Crippen LogP contribution is -1.96. The number of allylic oxidation sites excluding steroid dienone is 1. The molecule has 0 radical (unpaired) electrons. The van der Waals surface area contributed by atoms with Gasteiger partial charge >= 0.3 is 0 Å². The van der Waals surface area contributed by atoms with Crippen molar-refractivity contribution in [1.82, 2.24) is 9.97 Å². The first-order chi connectivity index (χ1) is 10.3. The number of nitrogens with zero attached hydrogens (tertiary/aromatic N) is 1. The highest BCUT2D eigenvalue weighted by Gasteiger charge is 2.07. The molecule has 0 aliphatic carbocycles. The fourth-order valence-corrected chi connectivity index (χ4v) is 2.04. The van der Waals surface area contributed by atoms with E-state index >= 15 is 0 Å². The van der Waals surface area contributed by atoms with E-state index in [1.807, 2.05) is 48.5 Å². The van der Waals surface area contributed by atoms with Gasteiger partial charge in [0.1, 0.15) is 5.75 Å². The minimum Gasteiger partial charge on any atom is -0.497 e. The van der Waals surface area contributed by atoms with E-state index in [1.54, 1.807) is 13.2 Å². The van der Waals surface area contributed by atoms with Crippen molar-refractivity contribution < 1.29 is 9.53 Å². The third kappa shape index (κ3) is 2.84. The quantitative estimate of drug-likeness (QED) is 0.587. The van der Waals surface area contributed by atoms with E-state index < -0.39 is 0 Å². The lowest BCUT2D eigenvalue weighted by Gasteiger charge is -1.98. The summed E-state index contributed by atoms with van der Waals surface area (Å²) >= 11 is 0. The van der Waals surface area contributed by atoms with Crippen LogP contribution in [-0.4, -0.2) is 22.9 Å². The van der Waals surface area contributed by atoms with Crippen molar-refractivity contribution in [3.8, 4) is 5.75 Å². The molecule has 1 aromatic heterocycles. The Kier molecular flexibility index (Phi) is 3.51. The predicted molar refractivity (Wildman–Crippen MR) is 82.5 cm³/mol. The minimum atomic E-state index is -0.151. The van der Waals surface area contributed by atoms with Gasteiger partial charge in [-0.1, -0.05) is 30.3 Å². The molecule has 0 unspecified atom stereocenters. The summed E-state index contributed by atoms with van der Waals surface area (Å²) < 4.78 is 5.09. The predicted octanol–water partition coefficient (Wildman–Crippen LogP) is 3.47. The molecule has 0 fully saturated rings. The molecule has 0 aliphatic heterocycles. The lowest BCUT2D eigenvalue weighted by atomic mass is 10.2. The molecule has 2 aromatic carbocycles. The van der Waals surface area contributed by atoms with Gasteiger partial charge in [0.2, 0.25) is 5.78 Å². The Morgan fingerprint density at radius 1 is 1.14 bits per heavy atom. The normalized spacial score (nSPS) is 11.1. The van der Waals surface area contributed by atoms with Gasteiger partial charge in [-0.15, -0.1) is 0 Å². The van der Waals surface area contributed by atoms with E-state index in [1.165, 1.54) is 6.08 Å². The fourth-order valence-electron chi connectivity index (χ4n) is 2.04. The van der Waals surface area contributed by atoms with E-state index in [4.69, 9.17) is 4.74 Å². The van der Waals surface area contributed by atoms with Gasteiger partial charge in [-0.05, 0) is 35.9 Å². The van der Waals surface area contributed by atoms with Crippen LogP contribution >= 0.6 is 0 Å². The van der Waals surface area contributed by atoms with E-state index in [-0.39, 0.29) is 5.78 Å². The number of para-hydroxylation sites is 2. The average molecular weight is 278 g/mol. The van der Waals surface area contributed by atoms with E-state index in [2.05, 4.69) is 9.97 Å². The highest BCUT2D eigenvalue weighted by molar-refractivity contribution is 6.05. The number of H-pyrrole nitrogens is 1. The van der Waals surface area contributed by atoms with Crippen LogP contribution in [0.5, 0.6) is 5.75 Å². The van der Waals surface area contributed by atoms with Crippen LogP contribution in [0.25, 0.3) is 17.1 Å². The first-order valence-corrected chi connectivity index (χ1v) is 6.57. The number of carbonyl (C=O) groups excluding carboxylic acids is 1. The van der Waals surface area contributed by atoms with Gasteiger partial charge in [-0.25, -0.2) is 4.98 Å². The first kappa shape index (κ1) is 13.1. The number of fused-ring (bicyclic) bond motifs is 1. The third-order valence-corrected chi connectivity index (χ3v) is 3.17. The van der Waals surface area contributed by atoms with Crippen LogP contribution in [0.15, 0.2) is 54.6 Å². The second-order valence-corrected chi connectivity index (χ2v) is 4.57. The molecule has 3 rings (SSSR count). The Hall–Kier alpha value is -2.88. The van der Waals surface area contributed by atoms with Crippen LogP contribution in [-0.2, 0) is 0 Å². The summed E-state index contributed by atoms with van der Waals surface area (Å²) in [7, 11) is 1.62. The molecule has 0 saturated carbocycles. The van der Waals surface area contributed by atoms with Crippen LogP contribution in [0.2, 0.25) is 0 Å². The molecule has 0 bridgehead atoms. The van der Waals surface area contributed by atoms with Crippen LogP contribution in [0, 0.1) is 0 Å². The van der Waals surface area contributed by atoms with Crippen molar-refractivity contribution in [2.45, 2.75) is 0 Å². The molecule has 4 heteroatoms. The molecule has 1 heterocycles. The topological polar surface area (TPSA) is 55.0 Å². The monoisotopic (exact) mass is 278 g/mol. The molecule has 0 saturated heterocycles. The largest absolute Gasteiger partial charge is 0.497 e. The van der Waals surface area contributed by atoms with Crippen LogP contribution in [0.3, 0.4) is 0 Å². The molecule has 0 amide bonds. The van der Waals surface area contributed by atoms with Crippen molar-refractivity contribution in [3.05, 3.63) is 66.0 Å². The molecule has 1 N–H and O–H groups in total. The SMILES string of the molecule is COc1ccc(/C=C/C(=O)c2nc3ccccc3[nH]2)cc1. The highest BCUT2D eigenvalue weighted by atomic mass is 16.5.